The fourth-order valence-corrected chi connectivity index (χ4v) is 3.11. The number of carbonyl (C=O) groups is 1. The van der Waals surface area contributed by atoms with Gasteiger partial charge in [0, 0.05) is 19.6 Å². The van der Waals surface area contributed by atoms with E-state index in [0.717, 1.165) is 17.6 Å². The molecule has 1 aromatic rings. The molecule has 0 radical (unpaired) electrons. The van der Waals surface area contributed by atoms with Gasteiger partial charge in [-0.05, 0) is 31.9 Å². The first-order valence-corrected chi connectivity index (χ1v) is 9.53. The maximum atomic E-state index is 12.2. The van der Waals surface area contributed by atoms with Gasteiger partial charge in [0.05, 0.1) is 19.9 Å². The molecule has 7 heteroatoms. The van der Waals surface area contributed by atoms with E-state index < -0.39 is 10.0 Å². The van der Waals surface area contributed by atoms with Crippen molar-refractivity contribution < 1.29 is 17.9 Å². The van der Waals surface area contributed by atoms with Crippen LogP contribution in [0.3, 0.4) is 0 Å². The largest absolute Gasteiger partial charge is 0.496 e. The quantitative estimate of drug-likeness (QED) is 0.680. The highest BCUT2D eigenvalue weighted by molar-refractivity contribution is 7.88. The van der Waals surface area contributed by atoms with Gasteiger partial charge in [0.1, 0.15) is 5.75 Å². The Morgan fingerprint density at radius 3 is 2.30 bits per heavy atom. The van der Waals surface area contributed by atoms with Crippen molar-refractivity contribution in [3.63, 3.8) is 0 Å². The minimum atomic E-state index is -3.45. The number of carbonyl (C=O) groups excluding carboxylic acids is 1. The SMILES string of the molecule is CCN(CC)C(=O)CN(CCc1ccccc1OC)S(C)(=O)=O. The van der Waals surface area contributed by atoms with E-state index in [2.05, 4.69) is 0 Å². The van der Waals surface area contributed by atoms with Crippen LogP contribution >= 0.6 is 0 Å². The summed E-state index contributed by atoms with van der Waals surface area (Å²) in [5.41, 5.74) is 0.916. The first-order chi connectivity index (χ1) is 10.8. The molecule has 0 heterocycles. The van der Waals surface area contributed by atoms with Gasteiger partial charge >= 0.3 is 0 Å². The first kappa shape index (κ1) is 19.4. The van der Waals surface area contributed by atoms with Crippen molar-refractivity contribution >= 4 is 15.9 Å². The monoisotopic (exact) mass is 342 g/mol. The van der Waals surface area contributed by atoms with Crippen LogP contribution in [-0.4, -0.2) is 63.1 Å². The molecule has 0 unspecified atom stereocenters. The minimum Gasteiger partial charge on any atom is -0.496 e. The summed E-state index contributed by atoms with van der Waals surface area (Å²) in [5, 5.41) is 0. The Bertz CT molecular complexity index is 612. The lowest BCUT2D eigenvalue weighted by Gasteiger charge is -2.24. The fourth-order valence-electron chi connectivity index (χ4n) is 2.34. The van der Waals surface area contributed by atoms with Gasteiger partial charge in [-0.2, -0.15) is 4.31 Å². The van der Waals surface area contributed by atoms with E-state index in [9.17, 15) is 13.2 Å². The van der Waals surface area contributed by atoms with Crippen molar-refractivity contribution in [2.45, 2.75) is 20.3 Å². The van der Waals surface area contributed by atoms with E-state index in [0.29, 0.717) is 19.5 Å². The number of methoxy groups -OCH3 is 1. The average Bonchev–Trinajstić information content (AvgIpc) is 2.51. The van der Waals surface area contributed by atoms with E-state index >= 15 is 0 Å². The van der Waals surface area contributed by atoms with E-state index in [4.69, 9.17) is 4.74 Å². The number of hydrogen-bond acceptors (Lipinski definition) is 4. The first-order valence-electron chi connectivity index (χ1n) is 7.68. The molecule has 0 spiro atoms. The number of ether oxygens (including phenoxy) is 1. The van der Waals surface area contributed by atoms with Crippen LogP contribution in [0.5, 0.6) is 5.75 Å². The van der Waals surface area contributed by atoms with Crippen molar-refractivity contribution in [1.82, 2.24) is 9.21 Å². The van der Waals surface area contributed by atoms with Crippen molar-refractivity contribution in [1.29, 1.82) is 0 Å². The van der Waals surface area contributed by atoms with Crippen LogP contribution in [0.25, 0.3) is 0 Å². The summed E-state index contributed by atoms with van der Waals surface area (Å²) < 4.78 is 30.4. The van der Waals surface area contributed by atoms with Crippen molar-refractivity contribution in [2.75, 3.05) is 39.5 Å². The number of benzene rings is 1. The van der Waals surface area contributed by atoms with E-state index in [1.54, 1.807) is 12.0 Å². The van der Waals surface area contributed by atoms with Crippen LogP contribution in [0.15, 0.2) is 24.3 Å². The van der Waals surface area contributed by atoms with Gasteiger partial charge in [-0.1, -0.05) is 18.2 Å². The molecule has 0 N–H and O–H groups in total. The number of sulfonamides is 1. The lowest BCUT2D eigenvalue weighted by molar-refractivity contribution is -0.131. The van der Waals surface area contributed by atoms with Gasteiger partial charge in [-0.25, -0.2) is 8.42 Å². The van der Waals surface area contributed by atoms with Crippen LogP contribution in [0.4, 0.5) is 0 Å². The second kappa shape index (κ2) is 8.88. The number of para-hydroxylation sites is 1. The third-order valence-corrected chi connectivity index (χ3v) is 4.97. The Morgan fingerprint density at radius 2 is 1.78 bits per heavy atom. The zero-order valence-electron chi connectivity index (χ0n) is 14.3. The maximum Gasteiger partial charge on any atom is 0.237 e. The normalized spacial score (nSPS) is 11.5. The highest BCUT2D eigenvalue weighted by Gasteiger charge is 2.22. The summed E-state index contributed by atoms with van der Waals surface area (Å²) in [6, 6.07) is 7.47. The Hall–Kier alpha value is -1.60. The van der Waals surface area contributed by atoms with E-state index in [1.165, 1.54) is 4.31 Å². The minimum absolute atomic E-state index is 0.129. The molecule has 1 rings (SSSR count). The Kier molecular flexibility index (Phi) is 7.51. The third kappa shape index (κ3) is 5.84. The van der Waals surface area contributed by atoms with Gasteiger partial charge in [-0.15, -0.1) is 0 Å². The molecule has 23 heavy (non-hydrogen) atoms. The van der Waals surface area contributed by atoms with Crippen LogP contribution in [0.1, 0.15) is 19.4 Å². The van der Waals surface area contributed by atoms with E-state index in [-0.39, 0.29) is 19.0 Å². The number of rotatable bonds is 9. The molecule has 1 aromatic carbocycles. The predicted molar refractivity (Wildman–Crippen MR) is 91.0 cm³/mol. The fraction of sp³-hybridized carbons (Fsp3) is 0.562. The second-order valence-electron chi connectivity index (χ2n) is 5.22. The third-order valence-electron chi connectivity index (χ3n) is 3.72. The lowest BCUT2D eigenvalue weighted by atomic mass is 10.1. The van der Waals surface area contributed by atoms with Crippen LogP contribution in [-0.2, 0) is 21.2 Å². The lowest BCUT2D eigenvalue weighted by Crippen LogP contribution is -2.43. The molecule has 0 bridgehead atoms. The summed E-state index contributed by atoms with van der Waals surface area (Å²) in [7, 11) is -1.87. The summed E-state index contributed by atoms with van der Waals surface area (Å²) >= 11 is 0. The molecule has 0 aromatic heterocycles. The summed E-state index contributed by atoms with van der Waals surface area (Å²) in [6.45, 7) is 5.00. The standard InChI is InChI=1S/C16H26N2O4S/c1-5-17(6-2)16(19)13-18(23(4,20)21)12-11-14-9-7-8-10-15(14)22-3/h7-10H,5-6,11-13H2,1-4H3. The molecule has 0 aliphatic heterocycles. The molecule has 0 fully saturated rings. The molecule has 1 amide bonds. The Balaban J connectivity index is 2.82. The Labute approximate surface area is 139 Å². The molecular formula is C16H26N2O4S. The Morgan fingerprint density at radius 1 is 1.17 bits per heavy atom. The van der Waals surface area contributed by atoms with Gasteiger partial charge < -0.3 is 9.64 Å². The maximum absolute atomic E-state index is 12.2. The van der Waals surface area contributed by atoms with Gasteiger partial charge in [0.25, 0.3) is 0 Å². The highest BCUT2D eigenvalue weighted by Crippen LogP contribution is 2.18. The molecule has 0 aliphatic rings. The summed E-state index contributed by atoms with van der Waals surface area (Å²) in [5.74, 6) is 0.538. The number of likely N-dealkylation sites (N-methyl/N-ethyl adjacent to an activating group) is 1. The molecule has 6 nitrogen and oxygen atoms in total. The van der Waals surface area contributed by atoms with Crippen LogP contribution in [0, 0.1) is 0 Å². The molecule has 130 valence electrons. The topological polar surface area (TPSA) is 66.9 Å². The summed E-state index contributed by atoms with van der Waals surface area (Å²) in [6.07, 6.45) is 1.62. The summed E-state index contributed by atoms with van der Waals surface area (Å²) in [4.78, 5) is 13.8. The molecule has 0 atom stereocenters. The molecule has 0 saturated carbocycles. The molecule has 0 aliphatic carbocycles. The van der Waals surface area contributed by atoms with Gasteiger partial charge in [0.2, 0.25) is 15.9 Å². The molecule has 0 saturated heterocycles. The zero-order chi connectivity index (χ0) is 17.5. The predicted octanol–water partition coefficient (Wildman–Crippen LogP) is 1.37. The number of amides is 1. The van der Waals surface area contributed by atoms with Gasteiger partial charge in [-0.3, -0.25) is 4.79 Å². The molecular weight excluding hydrogens is 316 g/mol. The number of nitrogens with zero attached hydrogens (tertiary/aromatic N) is 2. The number of hydrogen-bond donors (Lipinski definition) is 0. The zero-order valence-corrected chi connectivity index (χ0v) is 15.1. The van der Waals surface area contributed by atoms with Crippen LogP contribution in [0.2, 0.25) is 0 Å². The smallest absolute Gasteiger partial charge is 0.237 e. The van der Waals surface area contributed by atoms with E-state index in [1.807, 2.05) is 38.1 Å². The van der Waals surface area contributed by atoms with Crippen molar-refractivity contribution in [2.24, 2.45) is 0 Å². The highest BCUT2D eigenvalue weighted by atomic mass is 32.2. The van der Waals surface area contributed by atoms with Crippen LogP contribution < -0.4 is 4.74 Å². The average molecular weight is 342 g/mol. The second-order valence-corrected chi connectivity index (χ2v) is 7.21. The van der Waals surface area contributed by atoms with Crippen molar-refractivity contribution in [3.8, 4) is 5.75 Å². The van der Waals surface area contributed by atoms with Crippen molar-refractivity contribution in [3.05, 3.63) is 29.8 Å². The van der Waals surface area contributed by atoms with Gasteiger partial charge in [0.15, 0.2) is 0 Å².